The number of aliphatic hydroxyl groups excluding tert-OH is 1. The van der Waals surface area contributed by atoms with Gasteiger partial charge in [-0.15, -0.1) is 0 Å². The van der Waals surface area contributed by atoms with Crippen LogP contribution >= 0.6 is 0 Å². The number of nitrogens with zero attached hydrogens (tertiary/aromatic N) is 1. The number of hydrogen-bond acceptors (Lipinski definition) is 4. The van der Waals surface area contributed by atoms with Crippen molar-refractivity contribution in [3.63, 3.8) is 0 Å². The van der Waals surface area contributed by atoms with Crippen LogP contribution in [0.25, 0.3) is 0 Å². The van der Waals surface area contributed by atoms with Crippen LogP contribution in [-0.4, -0.2) is 63.1 Å². The maximum absolute atomic E-state index is 9.46. The summed E-state index contributed by atoms with van der Waals surface area (Å²) in [5.41, 5.74) is 0.388. The van der Waals surface area contributed by atoms with Gasteiger partial charge in [0.05, 0.1) is 12.7 Å². The molecule has 0 aromatic heterocycles. The van der Waals surface area contributed by atoms with Gasteiger partial charge in [0.2, 0.25) is 0 Å². The average molecular weight is 300 g/mol. The second-order valence-electron chi connectivity index (χ2n) is 7.25. The third-order valence-electron chi connectivity index (χ3n) is 4.70. The second kappa shape index (κ2) is 9.78. The summed E-state index contributed by atoms with van der Waals surface area (Å²) in [6, 6.07) is 0. The molecule has 0 radical (unpaired) electrons. The lowest BCUT2D eigenvalue weighted by molar-refractivity contribution is 0.0803. The van der Waals surface area contributed by atoms with Gasteiger partial charge in [-0.25, -0.2) is 0 Å². The molecule has 3 atom stereocenters. The summed E-state index contributed by atoms with van der Waals surface area (Å²) in [5, 5.41) is 13.0. The Morgan fingerprint density at radius 1 is 1.48 bits per heavy atom. The molecule has 0 aromatic rings. The highest BCUT2D eigenvalue weighted by Crippen LogP contribution is 2.39. The summed E-state index contributed by atoms with van der Waals surface area (Å²) in [5.74, 6) is 0.827. The molecule has 21 heavy (non-hydrogen) atoms. The molecule has 4 nitrogen and oxygen atoms in total. The van der Waals surface area contributed by atoms with Crippen molar-refractivity contribution in [2.24, 2.45) is 11.3 Å². The molecule has 2 N–H and O–H groups in total. The predicted octanol–water partition coefficient (Wildman–Crippen LogP) is 2.12. The van der Waals surface area contributed by atoms with Crippen LogP contribution in [-0.2, 0) is 4.74 Å². The first kappa shape index (κ1) is 18.9. The first-order chi connectivity index (χ1) is 9.97. The van der Waals surface area contributed by atoms with Crippen molar-refractivity contribution >= 4 is 0 Å². The summed E-state index contributed by atoms with van der Waals surface area (Å²) in [4.78, 5) is 2.41. The number of aliphatic hydroxyl groups is 1. The average Bonchev–Trinajstić information content (AvgIpc) is 2.41. The van der Waals surface area contributed by atoms with Crippen LogP contribution in [0, 0.1) is 11.3 Å². The Bertz CT molecular complexity index is 274. The van der Waals surface area contributed by atoms with Gasteiger partial charge in [-0.05, 0) is 44.6 Å². The molecular weight excluding hydrogens is 264 g/mol. The van der Waals surface area contributed by atoms with Crippen molar-refractivity contribution < 1.29 is 9.84 Å². The minimum atomic E-state index is -0.200. The van der Waals surface area contributed by atoms with Gasteiger partial charge < -0.3 is 20.1 Å². The third kappa shape index (κ3) is 7.59. The molecule has 0 amide bonds. The molecule has 0 aromatic carbocycles. The van der Waals surface area contributed by atoms with E-state index < -0.39 is 0 Å². The van der Waals surface area contributed by atoms with E-state index in [1.165, 1.54) is 25.7 Å². The molecule has 1 rings (SSSR count). The van der Waals surface area contributed by atoms with E-state index in [-0.39, 0.29) is 6.10 Å². The zero-order valence-corrected chi connectivity index (χ0v) is 14.5. The number of hydrogen-bond donors (Lipinski definition) is 2. The molecule has 0 spiro atoms. The minimum absolute atomic E-state index is 0.200. The topological polar surface area (TPSA) is 44.7 Å². The Morgan fingerprint density at radius 3 is 2.86 bits per heavy atom. The van der Waals surface area contributed by atoms with Crippen molar-refractivity contribution in [3.8, 4) is 0 Å². The number of methoxy groups -OCH3 is 1. The van der Waals surface area contributed by atoms with Crippen LogP contribution in [0.15, 0.2) is 0 Å². The van der Waals surface area contributed by atoms with Crippen LogP contribution in [0.1, 0.15) is 46.0 Å². The molecule has 4 heteroatoms. The van der Waals surface area contributed by atoms with Gasteiger partial charge in [0.25, 0.3) is 0 Å². The van der Waals surface area contributed by atoms with Crippen molar-refractivity contribution in [1.82, 2.24) is 10.2 Å². The minimum Gasteiger partial charge on any atom is -0.393 e. The van der Waals surface area contributed by atoms with Crippen LogP contribution in [0.2, 0.25) is 0 Å². The molecule has 1 fully saturated rings. The largest absolute Gasteiger partial charge is 0.393 e. The van der Waals surface area contributed by atoms with Gasteiger partial charge in [0.15, 0.2) is 0 Å². The van der Waals surface area contributed by atoms with Crippen LogP contribution < -0.4 is 5.32 Å². The highest BCUT2D eigenvalue weighted by atomic mass is 16.5. The lowest BCUT2D eigenvalue weighted by atomic mass is 9.69. The zero-order valence-electron chi connectivity index (χ0n) is 14.5. The van der Waals surface area contributed by atoms with Crippen molar-refractivity contribution in [2.45, 2.75) is 52.1 Å². The highest BCUT2D eigenvalue weighted by molar-refractivity contribution is 4.89. The van der Waals surface area contributed by atoms with Crippen LogP contribution in [0.4, 0.5) is 0 Å². The van der Waals surface area contributed by atoms with Gasteiger partial charge in [0.1, 0.15) is 0 Å². The maximum atomic E-state index is 9.46. The van der Waals surface area contributed by atoms with E-state index in [0.29, 0.717) is 5.41 Å². The Hall–Kier alpha value is -0.160. The Morgan fingerprint density at radius 2 is 2.24 bits per heavy atom. The fourth-order valence-electron chi connectivity index (χ4n) is 3.72. The normalized spacial score (nSPS) is 28.0. The van der Waals surface area contributed by atoms with Gasteiger partial charge in [-0.1, -0.05) is 19.8 Å². The third-order valence-corrected chi connectivity index (χ3v) is 4.70. The fraction of sp³-hybridized carbons (Fsp3) is 1.00. The zero-order chi connectivity index (χ0) is 15.7. The summed E-state index contributed by atoms with van der Waals surface area (Å²) >= 11 is 0. The summed E-state index contributed by atoms with van der Waals surface area (Å²) in [7, 11) is 3.95. The Balaban J connectivity index is 2.50. The first-order valence-corrected chi connectivity index (χ1v) is 8.54. The van der Waals surface area contributed by atoms with Crippen molar-refractivity contribution in [2.75, 3.05) is 46.9 Å². The van der Waals surface area contributed by atoms with Gasteiger partial charge in [0, 0.05) is 33.3 Å². The van der Waals surface area contributed by atoms with Crippen LogP contribution in [0.3, 0.4) is 0 Å². The Kier molecular flexibility index (Phi) is 8.79. The SMILES string of the molecule is COCCNCC1(CN(C)CCC(C)O)CCCC(C)C1. The van der Waals surface area contributed by atoms with Crippen molar-refractivity contribution in [1.29, 1.82) is 0 Å². The van der Waals surface area contributed by atoms with Crippen LogP contribution in [0.5, 0.6) is 0 Å². The van der Waals surface area contributed by atoms with E-state index in [2.05, 4.69) is 24.2 Å². The molecule has 0 bridgehead atoms. The Labute approximate surface area is 131 Å². The van der Waals surface area contributed by atoms with E-state index in [4.69, 9.17) is 4.74 Å². The molecular formula is C17H36N2O2. The van der Waals surface area contributed by atoms with E-state index >= 15 is 0 Å². The monoisotopic (exact) mass is 300 g/mol. The number of rotatable bonds is 10. The summed E-state index contributed by atoms with van der Waals surface area (Å²) in [6.45, 7) is 9.17. The fourth-order valence-corrected chi connectivity index (χ4v) is 3.72. The van der Waals surface area contributed by atoms with Gasteiger partial charge in [-0.2, -0.15) is 0 Å². The van der Waals surface area contributed by atoms with Crippen molar-refractivity contribution in [3.05, 3.63) is 0 Å². The molecule has 1 aliphatic carbocycles. The highest BCUT2D eigenvalue weighted by Gasteiger charge is 2.35. The second-order valence-corrected chi connectivity index (χ2v) is 7.25. The smallest absolute Gasteiger partial charge is 0.0587 e. The molecule has 0 heterocycles. The van der Waals surface area contributed by atoms with E-state index in [1.54, 1.807) is 7.11 Å². The molecule has 0 aliphatic heterocycles. The van der Waals surface area contributed by atoms with Gasteiger partial charge >= 0.3 is 0 Å². The maximum Gasteiger partial charge on any atom is 0.0587 e. The summed E-state index contributed by atoms with van der Waals surface area (Å²) in [6.07, 6.45) is 6.00. The quantitative estimate of drug-likeness (QED) is 0.607. The molecule has 0 saturated heterocycles. The van der Waals surface area contributed by atoms with E-state index in [1.807, 2.05) is 6.92 Å². The molecule has 3 unspecified atom stereocenters. The predicted molar refractivity (Wildman–Crippen MR) is 88.6 cm³/mol. The standard InChI is InChI=1S/C17H36N2O2/c1-15-6-5-8-17(12-15,13-18-9-11-21-4)14-19(3)10-7-16(2)20/h15-16,18,20H,5-14H2,1-4H3. The first-order valence-electron chi connectivity index (χ1n) is 8.54. The van der Waals surface area contributed by atoms with Gasteiger partial charge in [-0.3, -0.25) is 0 Å². The summed E-state index contributed by atoms with van der Waals surface area (Å²) < 4.78 is 5.13. The molecule has 1 saturated carbocycles. The molecule has 1 aliphatic rings. The lowest BCUT2D eigenvalue weighted by Crippen LogP contribution is -2.46. The lowest BCUT2D eigenvalue weighted by Gasteiger charge is -2.43. The number of nitrogens with one attached hydrogen (secondary N) is 1. The molecule has 126 valence electrons. The van der Waals surface area contributed by atoms with E-state index in [0.717, 1.165) is 45.1 Å². The number of ether oxygens (including phenoxy) is 1. The van der Waals surface area contributed by atoms with E-state index in [9.17, 15) is 5.11 Å².